The Morgan fingerprint density at radius 1 is 1.39 bits per heavy atom. The van der Waals surface area contributed by atoms with E-state index < -0.39 is 5.82 Å². The fourth-order valence-corrected chi connectivity index (χ4v) is 3.96. The van der Waals surface area contributed by atoms with Gasteiger partial charge in [-0.25, -0.2) is 4.39 Å². The van der Waals surface area contributed by atoms with Crippen LogP contribution in [0.5, 0.6) is 0 Å². The van der Waals surface area contributed by atoms with Gasteiger partial charge in [-0.15, -0.1) is 12.4 Å². The van der Waals surface area contributed by atoms with E-state index >= 15 is 0 Å². The second-order valence-corrected chi connectivity index (χ2v) is 7.05. The molecule has 1 amide bonds. The number of hydrogen-bond acceptors (Lipinski definition) is 2. The van der Waals surface area contributed by atoms with E-state index in [0.717, 1.165) is 18.4 Å². The van der Waals surface area contributed by atoms with Gasteiger partial charge in [0.15, 0.2) is 0 Å². The first kappa shape index (κ1) is 18.5. The molecule has 6 heteroatoms. The molecular weight excluding hydrogens is 338 g/mol. The van der Waals surface area contributed by atoms with Gasteiger partial charge < -0.3 is 10.6 Å². The van der Waals surface area contributed by atoms with Crippen LogP contribution in [0.1, 0.15) is 50.6 Å². The molecular formula is C17H23Cl2FN2O. The van der Waals surface area contributed by atoms with Crippen LogP contribution in [0.15, 0.2) is 18.2 Å². The molecule has 2 aliphatic rings. The third-order valence-corrected chi connectivity index (χ3v) is 5.16. The number of carbonyl (C=O) groups is 1. The Kier molecular flexibility index (Phi) is 6.29. The largest absolute Gasteiger partial charge is 0.350 e. The molecule has 23 heavy (non-hydrogen) atoms. The van der Waals surface area contributed by atoms with E-state index in [-0.39, 0.29) is 29.4 Å². The lowest BCUT2D eigenvalue weighted by atomic mass is 9.89. The number of fused-ring (bicyclic) bond motifs is 2. The van der Waals surface area contributed by atoms with E-state index in [9.17, 15) is 9.18 Å². The lowest BCUT2D eigenvalue weighted by Gasteiger charge is -2.29. The number of carbonyl (C=O) groups excluding carboxylic acids is 1. The van der Waals surface area contributed by atoms with E-state index in [4.69, 9.17) is 11.6 Å². The average molecular weight is 361 g/mol. The van der Waals surface area contributed by atoms with Gasteiger partial charge in [0.1, 0.15) is 5.82 Å². The molecule has 3 nitrogen and oxygen atoms in total. The Hall–Kier alpha value is -0.840. The highest BCUT2D eigenvalue weighted by Gasteiger charge is 2.34. The van der Waals surface area contributed by atoms with Crippen LogP contribution in [0.3, 0.4) is 0 Å². The summed E-state index contributed by atoms with van der Waals surface area (Å²) in [4.78, 5) is 12.2. The SMILES string of the molecule is CC(NC(=O)CC1CC2CCC(C1)N2)c1ccc(F)c(Cl)c1.Cl. The van der Waals surface area contributed by atoms with Crippen LogP contribution in [-0.4, -0.2) is 18.0 Å². The number of benzene rings is 1. The lowest BCUT2D eigenvalue weighted by Crippen LogP contribution is -2.40. The highest BCUT2D eigenvalue weighted by atomic mass is 35.5. The minimum Gasteiger partial charge on any atom is -0.350 e. The molecule has 3 rings (SSSR count). The Balaban J connectivity index is 0.00000192. The minimum atomic E-state index is -0.436. The number of rotatable bonds is 4. The topological polar surface area (TPSA) is 41.1 Å². The Bertz CT molecular complexity index is 558. The lowest BCUT2D eigenvalue weighted by molar-refractivity contribution is -0.122. The predicted molar refractivity (Wildman–Crippen MR) is 92.5 cm³/mol. The van der Waals surface area contributed by atoms with Gasteiger partial charge >= 0.3 is 0 Å². The zero-order valence-corrected chi connectivity index (χ0v) is 14.7. The molecule has 0 spiro atoms. The number of halogens is 3. The highest BCUT2D eigenvalue weighted by Crippen LogP contribution is 2.32. The molecule has 1 aromatic carbocycles. The van der Waals surface area contributed by atoms with Gasteiger partial charge in [0.25, 0.3) is 0 Å². The van der Waals surface area contributed by atoms with Crippen LogP contribution in [0.2, 0.25) is 5.02 Å². The Labute approximate surface area is 147 Å². The van der Waals surface area contributed by atoms with Gasteiger partial charge in [0.05, 0.1) is 11.1 Å². The van der Waals surface area contributed by atoms with Gasteiger partial charge in [0.2, 0.25) is 5.91 Å². The zero-order valence-electron chi connectivity index (χ0n) is 13.1. The smallest absolute Gasteiger partial charge is 0.220 e. The van der Waals surface area contributed by atoms with Gasteiger partial charge in [0, 0.05) is 18.5 Å². The molecule has 0 aromatic heterocycles. The molecule has 0 saturated carbocycles. The second-order valence-electron chi connectivity index (χ2n) is 6.64. The maximum atomic E-state index is 13.2. The van der Waals surface area contributed by atoms with Crippen LogP contribution in [0, 0.1) is 11.7 Å². The number of hydrogen-bond donors (Lipinski definition) is 2. The van der Waals surface area contributed by atoms with Crippen LogP contribution in [-0.2, 0) is 4.79 Å². The van der Waals surface area contributed by atoms with E-state index in [1.807, 2.05) is 6.92 Å². The first-order valence-corrected chi connectivity index (χ1v) is 8.39. The summed E-state index contributed by atoms with van der Waals surface area (Å²) in [5.74, 6) is 0.108. The zero-order chi connectivity index (χ0) is 15.7. The average Bonchev–Trinajstić information content (AvgIpc) is 2.80. The van der Waals surface area contributed by atoms with Crippen LogP contribution in [0.25, 0.3) is 0 Å². The van der Waals surface area contributed by atoms with E-state index in [0.29, 0.717) is 24.4 Å². The minimum absolute atomic E-state index is 0. The molecule has 128 valence electrons. The Morgan fingerprint density at radius 2 is 2.04 bits per heavy atom. The standard InChI is InChI=1S/C17H22ClFN2O.ClH/c1-10(12-2-5-16(19)15(18)9-12)20-17(22)8-11-6-13-3-4-14(7-11)21-13;/h2,5,9-11,13-14,21H,3-4,6-8H2,1H3,(H,20,22);1H. The Morgan fingerprint density at radius 3 is 2.65 bits per heavy atom. The van der Waals surface area contributed by atoms with Crippen molar-refractivity contribution in [1.29, 1.82) is 0 Å². The third kappa shape index (κ3) is 4.59. The van der Waals surface area contributed by atoms with Crippen LogP contribution < -0.4 is 10.6 Å². The first-order chi connectivity index (χ1) is 10.5. The maximum Gasteiger partial charge on any atom is 0.220 e. The first-order valence-electron chi connectivity index (χ1n) is 8.01. The van der Waals surface area contributed by atoms with Crippen molar-refractivity contribution in [3.8, 4) is 0 Å². The molecule has 2 N–H and O–H groups in total. The third-order valence-electron chi connectivity index (χ3n) is 4.87. The van der Waals surface area contributed by atoms with Gasteiger partial charge in [-0.3, -0.25) is 4.79 Å². The van der Waals surface area contributed by atoms with E-state index in [1.165, 1.54) is 18.9 Å². The van der Waals surface area contributed by atoms with Crippen molar-refractivity contribution in [2.45, 2.75) is 57.2 Å². The summed E-state index contributed by atoms with van der Waals surface area (Å²) in [5, 5.41) is 6.68. The summed E-state index contributed by atoms with van der Waals surface area (Å²) in [6.07, 6.45) is 5.26. The summed E-state index contributed by atoms with van der Waals surface area (Å²) in [7, 11) is 0. The second kappa shape index (κ2) is 7.82. The molecule has 0 aliphatic carbocycles. The van der Waals surface area contributed by atoms with Crippen molar-refractivity contribution in [3.63, 3.8) is 0 Å². The van der Waals surface area contributed by atoms with Gasteiger partial charge in [-0.1, -0.05) is 17.7 Å². The molecule has 2 heterocycles. The van der Waals surface area contributed by atoms with Crippen molar-refractivity contribution >= 4 is 29.9 Å². The van der Waals surface area contributed by atoms with Crippen molar-refractivity contribution < 1.29 is 9.18 Å². The summed E-state index contributed by atoms with van der Waals surface area (Å²) in [6, 6.07) is 5.62. The summed E-state index contributed by atoms with van der Waals surface area (Å²) >= 11 is 5.79. The number of piperidine rings is 1. The van der Waals surface area contributed by atoms with Crippen molar-refractivity contribution in [1.82, 2.24) is 10.6 Å². The number of amides is 1. The molecule has 3 atom stereocenters. The molecule has 2 bridgehead atoms. The molecule has 3 unspecified atom stereocenters. The predicted octanol–water partition coefficient (Wildman–Crippen LogP) is 4.00. The molecule has 1 aromatic rings. The quantitative estimate of drug-likeness (QED) is 0.851. The monoisotopic (exact) mass is 360 g/mol. The summed E-state index contributed by atoms with van der Waals surface area (Å²) in [6.45, 7) is 1.90. The van der Waals surface area contributed by atoms with E-state index in [1.54, 1.807) is 12.1 Å². The highest BCUT2D eigenvalue weighted by molar-refractivity contribution is 6.30. The summed E-state index contributed by atoms with van der Waals surface area (Å²) < 4.78 is 13.2. The maximum absolute atomic E-state index is 13.2. The van der Waals surface area contributed by atoms with Gasteiger partial charge in [-0.05, 0) is 56.2 Å². The molecule has 2 saturated heterocycles. The fraction of sp³-hybridized carbons (Fsp3) is 0.588. The molecule has 0 radical (unpaired) electrons. The van der Waals surface area contributed by atoms with Crippen molar-refractivity contribution in [3.05, 3.63) is 34.6 Å². The fourth-order valence-electron chi connectivity index (χ4n) is 3.77. The summed E-state index contributed by atoms with van der Waals surface area (Å²) in [5.41, 5.74) is 0.824. The van der Waals surface area contributed by atoms with Crippen molar-refractivity contribution in [2.75, 3.05) is 0 Å². The van der Waals surface area contributed by atoms with Crippen LogP contribution in [0.4, 0.5) is 4.39 Å². The molecule has 2 aliphatic heterocycles. The molecule has 2 fully saturated rings. The van der Waals surface area contributed by atoms with Gasteiger partial charge in [-0.2, -0.15) is 0 Å². The number of nitrogens with one attached hydrogen (secondary N) is 2. The van der Waals surface area contributed by atoms with E-state index in [2.05, 4.69) is 10.6 Å². The van der Waals surface area contributed by atoms with Crippen LogP contribution >= 0.6 is 24.0 Å². The normalized spacial score (nSPS) is 27.2. The van der Waals surface area contributed by atoms with Crippen molar-refractivity contribution in [2.24, 2.45) is 5.92 Å².